The lowest BCUT2D eigenvalue weighted by Gasteiger charge is -2.22. The van der Waals surface area contributed by atoms with Crippen LogP contribution >= 0.6 is 23.1 Å². The third-order valence-electron chi connectivity index (χ3n) is 4.26. The van der Waals surface area contributed by atoms with Gasteiger partial charge in [-0.2, -0.15) is 0 Å². The molecule has 1 saturated heterocycles. The van der Waals surface area contributed by atoms with Crippen molar-refractivity contribution in [3.05, 3.63) is 53.7 Å². The lowest BCUT2D eigenvalue weighted by atomic mass is 10.2. The van der Waals surface area contributed by atoms with Gasteiger partial charge in [0.05, 0.1) is 19.2 Å². The van der Waals surface area contributed by atoms with E-state index >= 15 is 0 Å². The Hall–Kier alpha value is -2.78. The van der Waals surface area contributed by atoms with Crippen LogP contribution in [-0.4, -0.2) is 46.5 Å². The summed E-state index contributed by atoms with van der Waals surface area (Å²) in [6.45, 7) is 0. The fourth-order valence-electron chi connectivity index (χ4n) is 2.79. The number of hydrogen-bond donors (Lipinski definition) is 1. The van der Waals surface area contributed by atoms with Crippen LogP contribution in [0.25, 0.3) is 10.8 Å². The number of aromatic nitrogens is 1. The second-order valence-corrected chi connectivity index (χ2v) is 7.88. The highest BCUT2D eigenvalue weighted by molar-refractivity contribution is 7.99. The minimum absolute atomic E-state index is 0.218. The Labute approximate surface area is 169 Å². The van der Waals surface area contributed by atoms with E-state index in [0.29, 0.717) is 39.5 Å². The van der Waals surface area contributed by atoms with Crippen LogP contribution in [0.3, 0.4) is 0 Å². The molecule has 1 unspecified atom stereocenters. The second-order valence-electron chi connectivity index (χ2n) is 6.02. The molecule has 2 amide bonds. The fourth-order valence-corrected chi connectivity index (χ4v) is 4.71. The van der Waals surface area contributed by atoms with Crippen molar-refractivity contribution in [3.8, 4) is 16.5 Å². The maximum Gasteiger partial charge on any atom is 0.274 e. The molecular formula is C19H17N3O4S2. The van der Waals surface area contributed by atoms with Crippen LogP contribution in [0.5, 0.6) is 5.75 Å². The molecular weight excluding hydrogens is 398 g/mol. The molecule has 28 heavy (non-hydrogen) atoms. The van der Waals surface area contributed by atoms with Crippen molar-refractivity contribution in [2.24, 2.45) is 0 Å². The van der Waals surface area contributed by atoms with Gasteiger partial charge in [-0.05, 0) is 36.4 Å². The van der Waals surface area contributed by atoms with Crippen LogP contribution in [0, 0.1) is 0 Å². The van der Waals surface area contributed by atoms with Crippen molar-refractivity contribution < 1.29 is 18.7 Å². The number of ether oxygens (including phenoxy) is 1. The lowest BCUT2D eigenvalue weighted by molar-refractivity contribution is -0.119. The van der Waals surface area contributed by atoms with Gasteiger partial charge in [-0.15, -0.1) is 23.1 Å². The molecule has 2 aromatic heterocycles. The van der Waals surface area contributed by atoms with Gasteiger partial charge in [-0.3, -0.25) is 9.59 Å². The molecule has 1 aliphatic heterocycles. The number of furan rings is 1. The molecule has 144 valence electrons. The van der Waals surface area contributed by atoms with Crippen molar-refractivity contribution in [2.45, 2.75) is 6.04 Å². The summed E-state index contributed by atoms with van der Waals surface area (Å²) in [5.41, 5.74) is 0.977. The number of benzene rings is 1. The lowest BCUT2D eigenvalue weighted by Crippen LogP contribution is -2.44. The minimum atomic E-state index is -0.548. The number of thioether (sulfide) groups is 1. The molecule has 0 radical (unpaired) electrons. The molecule has 0 aliphatic carbocycles. The summed E-state index contributed by atoms with van der Waals surface area (Å²) in [7, 11) is 1.59. The zero-order valence-electron chi connectivity index (χ0n) is 15.0. The molecule has 7 nitrogen and oxygen atoms in total. The van der Waals surface area contributed by atoms with Gasteiger partial charge in [0, 0.05) is 16.8 Å². The van der Waals surface area contributed by atoms with Gasteiger partial charge in [-0.1, -0.05) is 0 Å². The van der Waals surface area contributed by atoms with Gasteiger partial charge in [0.1, 0.15) is 17.5 Å². The maximum atomic E-state index is 12.9. The van der Waals surface area contributed by atoms with Crippen LogP contribution in [0.15, 0.2) is 52.5 Å². The van der Waals surface area contributed by atoms with Gasteiger partial charge in [0.25, 0.3) is 5.91 Å². The molecule has 0 saturated carbocycles. The average Bonchev–Trinajstić information content (AvgIpc) is 3.49. The number of thiazole rings is 1. The number of anilines is 1. The first kappa shape index (κ1) is 18.6. The first-order chi connectivity index (χ1) is 13.7. The van der Waals surface area contributed by atoms with Gasteiger partial charge >= 0.3 is 0 Å². The summed E-state index contributed by atoms with van der Waals surface area (Å²) >= 11 is 2.88. The highest BCUT2D eigenvalue weighted by Gasteiger charge is 2.36. The Morgan fingerprint density at radius 2 is 2.11 bits per heavy atom. The molecule has 1 fully saturated rings. The van der Waals surface area contributed by atoms with Gasteiger partial charge in [0.2, 0.25) is 5.91 Å². The normalized spacial score (nSPS) is 16.2. The Morgan fingerprint density at radius 1 is 1.29 bits per heavy atom. The van der Waals surface area contributed by atoms with E-state index < -0.39 is 6.04 Å². The molecule has 1 atom stereocenters. The molecule has 0 bridgehead atoms. The highest BCUT2D eigenvalue weighted by Crippen LogP contribution is 2.28. The number of nitrogens with zero attached hydrogens (tertiary/aromatic N) is 2. The van der Waals surface area contributed by atoms with Crippen LogP contribution in [0.2, 0.25) is 0 Å². The summed E-state index contributed by atoms with van der Waals surface area (Å²) in [5, 5.41) is 5.20. The van der Waals surface area contributed by atoms with E-state index in [0.717, 1.165) is 0 Å². The number of nitrogens with one attached hydrogen (secondary N) is 1. The van der Waals surface area contributed by atoms with Gasteiger partial charge in [-0.25, -0.2) is 4.98 Å². The van der Waals surface area contributed by atoms with Gasteiger partial charge in [0.15, 0.2) is 10.8 Å². The number of amides is 2. The van der Waals surface area contributed by atoms with E-state index in [1.807, 2.05) is 0 Å². The van der Waals surface area contributed by atoms with Crippen molar-refractivity contribution in [1.82, 2.24) is 9.88 Å². The topological polar surface area (TPSA) is 84.7 Å². The Bertz CT molecular complexity index is 969. The van der Waals surface area contributed by atoms with E-state index in [2.05, 4.69) is 10.3 Å². The molecule has 1 N–H and O–H groups in total. The van der Waals surface area contributed by atoms with Crippen LogP contribution in [0.4, 0.5) is 5.69 Å². The monoisotopic (exact) mass is 415 g/mol. The van der Waals surface area contributed by atoms with E-state index in [9.17, 15) is 9.59 Å². The van der Waals surface area contributed by atoms with Crippen LogP contribution < -0.4 is 10.1 Å². The summed E-state index contributed by atoms with van der Waals surface area (Å²) in [5.74, 6) is 1.85. The summed E-state index contributed by atoms with van der Waals surface area (Å²) in [4.78, 5) is 31.6. The van der Waals surface area contributed by atoms with Crippen molar-refractivity contribution >= 4 is 40.6 Å². The molecule has 3 heterocycles. The molecule has 9 heteroatoms. The van der Waals surface area contributed by atoms with Crippen molar-refractivity contribution in [1.29, 1.82) is 0 Å². The zero-order valence-corrected chi connectivity index (χ0v) is 16.6. The number of carbonyl (C=O) groups excluding carboxylic acids is 2. The largest absolute Gasteiger partial charge is 0.497 e. The van der Waals surface area contributed by atoms with Crippen LogP contribution in [0.1, 0.15) is 10.5 Å². The van der Waals surface area contributed by atoms with Gasteiger partial charge < -0.3 is 19.4 Å². The standard InChI is InChI=1S/C19H17N3O4S2/c1-25-13-6-4-12(5-7-13)20-17(23)15-10-27-11-22(15)19(24)14-9-28-18(21-14)16-3-2-8-26-16/h2-9,15H,10-11H2,1H3,(H,20,23). The predicted octanol–water partition coefficient (Wildman–Crippen LogP) is 3.57. The van der Waals surface area contributed by atoms with E-state index in [1.165, 1.54) is 11.3 Å². The summed E-state index contributed by atoms with van der Waals surface area (Å²) in [6, 6.07) is 10.1. The van der Waals surface area contributed by atoms with Crippen LogP contribution in [-0.2, 0) is 4.79 Å². The summed E-state index contributed by atoms with van der Waals surface area (Å²) in [6.07, 6.45) is 1.56. The average molecular weight is 415 g/mol. The van der Waals surface area contributed by atoms with E-state index in [4.69, 9.17) is 9.15 Å². The number of carbonyl (C=O) groups is 2. The quantitative estimate of drug-likeness (QED) is 0.686. The van der Waals surface area contributed by atoms with E-state index in [-0.39, 0.29) is 11.8 Å². The smallest absolute Gasteiger partial charge is 0.274 e. The second kappa shape index (κ2) is 8.07. The zero-order chi connectivity index (χ0) is 19.5. The molecule has 3 aromatic rings. The fraction of sp³-hybridized carbons (Fsp3) is 0.211. The molecule has 0 spiro atoms. The SMILES string of the molecule is COc1ccc(NC(=O)C2CSCN2C(=O)c2csc(-c3ccco3)n2)cc1. The Kier molecular flexibility index (Phi) is 5.36. The number of hydrogen-bond acceptors (Lipinski definition) is 7. The first-order valence-electron chi connectivity index (χ1n) is 8.49. The maximum absolute atomic E-state index is 12.9. The minimum Gasteiger partial charge on any atom is -0.497 e. The third-order valence-corrected chi connectivity index (χ3v) is 6.13. The number of methoxy groups -OCH3 is 1. The third kappa shape index (κ3) is 3.76. The summed E-state index contributed by atoms with van der Waals surface area (Å²) < 4.78 is 10.4. The first-order valence-corrected chi connectivity index (χ1v) is 10.5. The Morgan fingerprint density at radius 3 is 2.82 bits per heavy atom. The predicted molar refractivity (Wildman–Crippen MR) is 109 cm³/mol. The molecule has 1 aliphatic rings. The van der Waals surface area contributed by atoms with Crippen molar-refractivity contribution in [3.63, 3.8) is 0 Å². The highest BCUT2D eigenvalue weighted by atomic mass is 32.2. The van der Waals surface area contributed by atoms with E-state index in [1.54, 1.807) is 71.8 Å². The molecule has 4 rings (SSSR count). The molecule has 1 aromatic carbocycles. The number of rotatable bonds is 5. The Balaban J connectivity index is 1.46. The van der Waals surface area contributed by atoms with Crippen molar-refractivity contribution in [2.75, 3.05) is 24.1 Å².